The number of carbonyl (C=O) groups excluding carboxylic acids is 1. The Morgan fingerprint density at radius 2 is 1.97 bits per heavy atom. The average molecular weight is 406 g/mol. The van der Waals surface area contributed by atoms with Crippen molar-refractivity contribution in [2.45, 2.75) is 0 Å². The third kappa shape index (κ3) is 2.96. The van der Waals surface area contributed by atoms with Gasteiger partial charge in [0.2, 0.25) is 5.88 Å². The number of anilines is 2. The number of halogens is 1. The van der Waals surface area contributed by atoms with Crippen molar-refractivity contribution in [2.75, 3.05) is 23.8 Å². The van der Waals surface area contributed by atoms with E-state index in [1.54, 1.807) is 4.90 Å². The number of nitrogens with two attached hydrogens (primary N) is 1. The second-order valence-corrected chi connectivity index (χ2v) is 7.09. The van der Waals surface area contributed by atoms with Crippen LogP contribution in [0.4, 0.5) is 11.5 Å². The van der Waals surface area contributed by atoms with Gasteiger partial charge in [-0.1, -0.05) is 17.7 Å². The predicted molar refractivity (Wildman–Crippen MR) is 112 cm³/mol. The Hall–Kier alpha value is -3.58. The summed E-state index contributed by atoms with van der Waals surface area (Å²) in [6, 6.07) is 15.5. The maximum Gasteiger partial charge on any atom is 0.267 e. The van der Waals surface area contributed by atoms with Crippen molar-refractivity contribution in [1.29, 1.82) is 0 Å². The second kappa shape index (κ2) is 6.79. The molecular formula is C21H16ClN5O2. The van der Waals surface area contributed by atoms with Gasteiger partial charge in [0.05, 0.1) is 12.1 Å². The molecule has 0 spiro atoms. The number of hydrogen-bond donors (Lipinski definition) is 1. The van der Waals surface area contributed by atoms with E-state index in [-0.39, 0.29) is 23.2 Å². The average Bonchev–Trinajstić information content (AvgIpc) is 3.06. The largest absolute Gasteiger partial charge is 0.475 e. The number of nitrogens with zero attached hydrogens (tertiary/aromatic N) is 4. The first-order valence-corrected chi connectivity index (χ1v) is 9.42. The quantitative estimate of drug-likeness (QED) is 0.549. The molecule has 3 heterocycles. The Labute approximate surface area is 171 Å². The lowest BCUT2D eigenvalue weighted by molar-refractivity contribution is 0.0990. The Morgan fingerprint density at radius 1 is 1.07 bits per heavy atom. The van der Waals surface area contributed by atoms with E-state index in [4.69, 9.17) is 22.1 Å². The van der Waals surface area contributed by atoms with Gasteiger partial charge in [-0.05, 0) is 42.5 Å². The van der Waals surface area contributed by atoms with Crippen LogP contribution in [0.2, 0.25) is 5.02 Å². The maximum atomic E-state index is 13.1. The highest BCUT2D eigenvalue weighted by molar-refractivity contribution is 6.30. The van der Waals surface area contributed by atoms with Gasteiger partial charge in [-0.2, -0.15) is 0 Å². The fourth-order valence-electron chi connectivity index (χ4n) is 3.56. The molecule has 0 unspecified atom stereocenters. The summed E-state index contributed by atoms with van der Waals surface area (Å²) in [4.78, 5) is 22.7. The van der Waals surface area contributed by atoms with E-state index < -0.39 is 0 Å². The molecule has 2 N–H and O–H groups in total. The predicted octanol–water partition coefficient (Wildman–Crippen LogP) is 3.70. The van der Waals surface area contributed by atoms with Gasteiger partial charge in [0.1, 0.15) is 24.3 Å². The minimum absolute atomic E-state index is 0.111. The number of amides is 1. The summed E-state index contributed by atoms with van der Waals surface area (Å²) in [5.41, 5.74) is 8.85. The third-order valence-electron chi connectivity index (χ3n) is 4.93. The molecule has 1 amide bonds. The molecule has 7 nitrogen and oxygen atoms in total. The molecule has 0 fully saturated rings. The topological polar surface area (TPSA) is 86.3 Å². The van der Waals surface area contributed by atoms with E-state index in [9.17, 15) is 4.79 Å². The van der Waals surface area contributed by atoms with Crippen LogP contribution in [-0.2, 0) is 0 Å². The van der Waals surface area contributed by atoms with Gasteiger partial charge < -0.3 is 19.9 Å². The molecule has 4 aromatic rings. The fourth-order valence-corrected chi connectivity index (χ4v) is 3.74. The lowest BCUT2D eigenvalue weighted by Gasteiger charge is -2.20. The van der Waals surface area contributed by atoms with Crippen molar-refractivity contribution < 1.29 is 9.53 Å². The van der Waals surface area contributed by atoms with Crippen molar-refractivity contribution >= 4 is 39.9 Å². The number of carbonyl (C=O) groups is 1. The van der Waals surface area contributed by atoms with Crippen molar-refractivity contribution in [1.82, 2.24) is 14.5 Å². The van der Waals surface area contributed by atoms with Crippen molar-refractivity contribution in [2.24, 2.45) is 0 Å². The lowest BCUT2D eigenvalue weighted by Crippen LogP contribution is -2.32. The smallest absolute Gasteiger partial charge is 0.267 e. The first-order chi connectivity index (χ1) is 14.1. The van der Waals surface area contributed by atoms with Crippen LogP contribution in [-0.4, -0.2) is 33.6 Å². The van der Waals surface area contributed by atoms with Crippen LogP contribution in [0, 0.1) is 0 Å². The zero-order chi connectivity index (χ0) is 20.0. The molecule has 0 saturated carbocycles. The van der Waals surface area contributed by atoms with Crippen molar-refractivity contribution in [3.05, 3.63) is 71.6 Å². The first kappa shape index (κ1) is 17.5. The number of fused-ring (bicyclic) bond motifs is 2. The first-order valence-electron chi connectivity index (χ1n) is 9.04. The molecule has 144 valence electrons. The minimum Gasteiger partial charge on any atom is -0.475 e. The summed E-state index contributed by atoms with van der Waals surface area (Å²) < 4.78 is 7.66. The highest BCUT2D eigenvalue weighted by Gasteiger charge is 2.28. The molecular weight excluding hydrogens is 390 g/mol. The molecule has 0 atom stereocenters. The summed E-state index contributed by atoms with van der Waals surface area (Å²) >= 11 is 6.14. The Kier molecular flexibility index (Phi) is 4.10. The van der Waals surface area contributed by atoms with Crippen molar-refractivity contribution in [3.63, 3.8) is 0 Å². The number of ether oxygens (including phenoxy) is 1. The normalized spacial score (nSPS) is 13.8. The second-order valence-electron chi connectivity index (χ2n) is 6.65. The van der Waals surface area contributed by atoms with Crippen LogP contribution in [0.3, 0.4) is 0 Å². The Balaban J connectivity index is 1.56. The molecule has 1 aliphatic rings. The van der Waals surface area contributed by atoms with Crippen LogP contribution in [0.5, 0.6) is 5.88 Å². The van der Waals surface area contributed by atoms with Gasteiger partial charge in [0, 0.05) is 28.0 Å². The monoisotopic (exact) mass is 405 g/mol. The van der Waals surface area contributed by atoms with Crippen LogP contribution >= 0.6 is 11.6 Å². The molecule has 0 radical (unpaired) electrons. The molecule has 2 aromatic carbocycles. The van der Waals surface area contributed by atoms with Gasteiger partial charge in [-0.3, -0.25) is 4.79 Å². The number of rotatable bonds is 2. The van der Waals surface area contributed by atoms with Gasteiger partial charge in [-0.25, -0.2) is 9.97 Å². The van der Waals surface area contributed by atoms with Crippen LogP contribution in [0.25, 0.3) is 16.6 Å². The molecule has 1 aliphatic heterocycles. The van der Waals surface area contributed by atoms with E-state index in [1.807, 2.05) is 54.7 Å². The maximum absolute atomic E-state index is 13.1. The molecule has 0 saturated heterocycles. The third-order valence-corrected chi connectivity index (χ3v) is 5.16. The molecule has 2 aromatic heterocycles. The van der Waals surface area contributed by atoms with Gasteiger partial charge in [0.25, 0.3) is 5.91 Å². The SMILES string of the molecule is Nc1ncnc2c1C(=O)N(c1ccc3c(ccn3-c3cccc(Cl)c3)c1)CCO2. The van der Waals surface area contributed by atoms with Crippen molar-refractivity contribution in [3.8, 4) is 11.6 Å². The van der Waals surface area contributed by atoms with E-state index >= 15 is 0 Å². The van der Waals surface area contributed by atoms with E-state index in [2.05, 4.69) is 14.5 Å². The van der Waals surface area contributed by atoms with E-state index in [0.29, 0.717) is 18.2 Å². The number of hydrogen-bond acceptors (Lipinski definition) is 5. The summed E-state index contributed by atoms with van der Waals surface area (Å²) in [5, 5.41) is 1.67. The Bertz CT molecular complexity index is 1250. The minimum atomic E-state index is -0.274. The highest BCUT2D eigenvalue weighted by atomic mass is 35.5. The summed E-state index contributed by atoms with van der Waals surface area (Å²) in [7, 11) is 0. The van der Waals surface area contributed by atoms with Crippen LogP contribution in [0.1, 0.15) is 10.4 Å². The molecule has 8 heteroatoms. The molecule has 0 aliphatic carbocycles. The van der Waals surface area contributed by atoms with Gasteiger partial charge in [0.15, 0.2) is 0 Å². The van der Waals surface area contributed by atoms with Gasteiger partial charge in [-0.15, -0.1) is 0 Å². The summed E-state index contributed by atoms with van der Waals surface area (Å²) in [6.45, 7) is 0.700. The molecule has 29 heavy (non-hydrogen) atoms. The number of nitrogen functional groups attached to an aromatic ring is 1. The zero-order valence-electron chi connectivity index (χ0n) is 15.2. The van der Waals surface area contributed by atoms with Gasteiger partial charge >= 0.3 is 0 Å². The summed E-state index contributed by atoms with van der Waals surface area (Å²) in [5.74, 6) is 0.0579. The number of aromatic nitrogens is 3. The zero-order valence-corrected chi connectivity index (χ0v) is 16.0. The Morgan fingerprint density at radius 3 is 2.83 bits per heavy atom. The number of benzene rings is 2. The van der Waals surface area contributed by atoms with Crippen LogP contribution in [0.15, 0.2) is 61.1 Å². The summed E-state index contributed by atoms with van der Waals surface area (Å²) in [6.07, 6.45) is 3.27. The lowest BCUT2D eigenvalue weighted by atomic mass is 10.2. The molecule has 5 rings (SSSR count). The van der Waals surface area contributed by atoms with E-state index in [0.717, 1.165) is 22.3 Å². The standard InChI is InChI=1S/C21H16ClN5O2/c22-14-2-1-3-15(11-14)26-7-6-13-10-16(4-5-17(13)26)27-8-9-29-20-18(21(27)28)19(23)24-12-25-20/h1-7,10-12H,8-9H2,(H2,23,24,25). The highest BCUT2D eigenvalue weighted by Crippen LogP contribution is 2.30. The van der Waals surface area contributed by atoms with E-state index in [1.165, 1.54) is 6.33 Å². The molecule has 0 bridgehead atoms. The fraction of sp³-hybridized carbons (Fsp3) is 0.0952. The van der Waals surface area contributed by atoms with Crippen LogP contribution < -0.4 is 15.4 Å².